The Bertz CT molecular complexity index is 1070. The molecule has 0 atom stereocenters. The molecule has 9 heteroatoms. The fourth-order valence-electron chi connectivity index (χ4n) is 3.90. The van der Waals surface area contributed by atoms with Gasteiger partial charge < -0.3 is 9.15 Å². The molecular formula is C23H30N6O3. The van der Waals surface area contributed by atoms with E-state index < -0.39 is 6.09 Å². The van der Waals surface area contributed by atoms with E-state index in [4.69, 9.17) is 9.15 Å². The Morgan fingerprint density at radius 3 is 2.53 bits per heavy atom. The Balaban J connectivity index is 1.48. The van der Waals surface area contributed by atoms with Gasteiger partial charge in [0.1, 0.15) is 18.2 Å². The molecule has 3 aromatic heterocycles. The number of amides is 1. The van der Waals surface area contributed by atoms with E-state index in [2.05, 4.69) is 25.3 Å². The third kappa shape index (κ3) is 5.53. The van der Waals surface area contributed by atoms with Crippen LogP contribution >= 0.6 is 0 Å². The van der Waals surface area contributed by atoms with Gasteiger partial charge >= 0.3 is 6.09 Å². The predicted molar refractivity (Wildman–Crippen MR) is 121 cm³/mol. The molecule has 0 saturated carbocycles. The normalized spacial score (nSPS) is 14.8. The lowest BCUT2D eigenvalue weighted by molar-refractivity contribution is 0.140. The molecule has 0 radical (unpaired) electrons. The second-order valence-corrected chi connectivity index (χ2v) is 8.20. The molecule has 1 saturated heterocycles. The third-order valence-electron chi connectivity index (χ3n) is 5.47. The molecule has 1 fully saturated rings. The Morgan fingerprint density at radius 1 is 1.09 bits per heavy atom. The van der Waals surface area contributed by atoms with E-state index in [0.717, 1.165) is 36.8 Å². The summed E-state index contributed by atoms with van der Waals surface area (Å²) in [5.74, 6) is 2.50. The maximum absolute atomic E-state index is 12.4. The van der Waals surface area contributed by atoms with Crippen molar-refractivity contribution in [1.29, 1.82) is 0 Å². The number of aryl methyl sites for hydroxylation is 3. The summed E-state index contributed by atoms with van der Waals surface area (Å²) in [5.41, 5.74) is 1.80. The van der Waals surface area contributed by atoms with Crippen LogP contribution < -0.4 is 5.32 Å². The van der Waals surface area contributed by atoms with Gasteiger partial charge in [0.05, 0.1) is 5.69 Å². The van der Waals surface area contributed by atoms with E-state index >= 15 is 0 Å². The predicted octanol–water partition coefficient (Wildman–Crippen LogP) is 4.27. The first-order valence-corrected chi connectivity index (χ1v) is 11.1. The molecule has 32 heavy (non-hydrogen) atoms. The molecule has 4 heterocycles. The van der Waals surface area contributed by atoms with E-state index in [0.29, 0.717) is 29.8 Å². The van der Waals surface area contributed by atoms with Crippen LogP contribution in [0.3, 0.4) is 0 Å². The molecule has 4 rings (SSSR count). The molecule has 170 valence electrons. The largest absolute Gasteiger partial charge is 0.458 e. The van der Waals surface area contributed by atoms with Crippen LogP contribution in [-0.4, -0.2) is 57.0 Å². The van der Waals surface area contributed by atoms with E-state index in [1.54, 1.807) is 16.8 Å². The van der Waals surface area contributed by atoms with Gasteiger partial charge in [0.25, 0.3) is 0 Å². The SMILES string of the molecule is Cc1cc(C)n(-c2cc(NC(=O)OCCN3CCCCCC3)nc(-c3ccc(C)o3)n2)n1. The van der Waals surface area contributed by atoms with Crippen LogP contribution in [0, 0.1) is 20.8 Å². The number of likely N-dealkylation sites (tertiary alicyclic amines) is 1. The number of furan rings is 1. The van der Waals surface area contributed by atoms with Gasteiger partial charge in [-0.05, 0) is 64.9 Å². The Labute approximate surface area is 187 Å². The Morgan fingerprint density at radius 2 is 1.88 bits per heavy atom. The van der Waals surface area contributed by atoms with Crippen LogP contribution in [-0.2, 0) is 4.74 Å². The monoisotopic (exact) mass is 438 g/mol. The second kappa shape index (κ2) is 9.95. The first kappa shape index (κ1) is 22.0. The highest BCUT2D eigenvalue weighted by Gasteiger charge is 2.16. The summed E-state index contributed by atoms with van der Waals surface area (Å²) >= 11 is 0. The number of aromatic nitrogens is 4. The Kier molecular flexibility index (Phi) is 6.84. The number of carbonyl (C=O) groups is 1. The van der Waals surface area contributed by atoms with Gasteiger partial charge in [-0.15, -0.1) is 0 Å². The van der Waals surface area contributed by atoms with Gasteiger partial charge in [0, 0.05) is 18.3 Å². The van der Waals surface area contributed by atoms with E-state index in [1.807, 2.05) is 32.9 Å². The standard InChI is InChI=1S/C23H30N6O3/c1-16-14-17(2)29(27-16)21-15-20(24-22(26-21)19-9-8-18(3)32-19)25-23(30)31-13-12-28-10-6-4-5-7-11-28/h8-9,14-15H,4-7,10-13H2,1-3H3,(H,24,25,26,30). The maximum Gasteiger partial charge on any atom is 0.412 e. The molecule has 0 unspecified atom stereocenters. The van der Waals surface area contributed by atoms with Crippen molar-refractivity contribution in [3.05, 3.63) is 41.4 Å². The highest BCUT2D eigenvalue weighted by Crippen LogP contribution is 2.23. The number of anilines is 1. The lowest BCUT2D eigenvalue weighted by Crippen LogP contribution is -2.30. The quantitative estimate of drug-likeness (QED) is 0.613. The number of nitrogens with zero attached hydrogens (tertiary/aromatic N) is 5. The second-order valence-electron chi connectivity index (χ2n) is 8.20. The van der Waals surface area contributed by atoms with Crippen molar-refractivity contribution >= 4 is 11.9 Å². The van der Waals surface area contributed by atoms with Gasteiger partial charge in [-0.2, -0.15) is 5.10 Å². The fraction of sp³-hybridized carbons (Fsp3) is 0.478. The van der Waals surface area contributed by atoms with Crippen molar-refractivity contribution in [3.63, 3.8) is 0 Å². The average Bonchev–Trinajstić information content (AvgIpc) is 3.23. The number of ether oxygens (including phenoxy) is 1. The van der Waals surface area contributed by atoms with Gasteiger partial charge in [-0.25, -0.2) is 19.4 Å². The smallest absolute Gasteiger partial charge is 0.412 e. The topological polar surface area (TPSA) is 98.3 Å². The molecule has 9 nitrogen and oxygen atoms in total. The molecular weight excluding hydrogens is 408 g/mol. The van der Waals surface area contributed by atoms with E-state index in [-0.39, 0.29) is 0 Å². The average molecular weight is 439 g/mol. The molecule has 0 spiro atoms. The zero-order chi connectivity index (χ0) is 22.5. The summed E-state index contributed by atoms with van der Waals surface area (Å²) < 4.78 is 12.8. The molecule has 0 bridgehead atoms. The molecule has 1 aliphatic rings. The zero-order valence-corrected chi connectivity index (χ0v) is 18.9. The first-order chi connectivity index (χ1) is 15.5. The van der Waals surface area contributed by atoms with Crippen molar-refractivity contribution in [3.8, 4) is 17.4 Å². The summed E-state index contributed by atoms with van der Waals surface area (Å²) in [5, 5.41) is 7.23. The van der Waals surface area contributed by atoms with Crippen LogP contribution in [0.2, 0.25) is 0 Å². The van der Waals surface area contributed by atoms with Gasteiger partial charge in [-0.3, -0.25) is 10.2 Å². The highest BCUT2D eigenvalue weighted by molar-refractivity contribution is 5.83. The Hall–Kier alpha value is -3.20. The van der Waals surface area contributed by atoms with E-state index in [9.17, 15) is 4.79 Å². The van der Waals surface area contributed by atoms with Crippen LogP contribution in [0.15, 0.2) is 28.7 Å². The lowest BCUT2D eigenvalue weighted by Gasteiger charge is -2.19. The fourth-order valence-corrected chi connectivity index (χ4v) is 3.90. The summed E-state index contributed by atoms with van der Waals surface area (Å²) in [6.07, 6.45) is 4.43. The third-order valence-corrected chi connectivity index (χ3v) is 5.47. The van der Waals surface area contributed by atoms with Crippen molar-refractivity contribution in [2.75, 3.05) is 31.6 Å². The van der Waals surface area contributed by atoms with Crippen LogP contribution in [0.5, 0.6) is 0 Å². The first-order valence-electron chi connectivity index (χ1n) is 11.1. The van der Waals surface area contributed by atoms with Gasteiger partial charge in [-0.1, -0.05) is 12.8 Å². The van der Waals surface area contributed by atoms with Crippen molar-refractivity contribution in [2.45, 2.75) is 46.5 Å². The summed E-state index contributed by atoms with van der Waals surface area (Å²) in [6.45, 7) is 8.93. The minimum atomic E-state index is -0.542. The molecule has 0 aliphatic carbocycles. The summed E-state index contributed by atoms with van der Waals surface area (Å²) in [7, 11) is 0. The van der Waals surface area contributed by atoms with Crippen molar-refractivity contribution < 1.29 is 13.9 Å². The van der Waals surface area contributed by atoms with Crippen LogP contribution in [0.25, 0.3) is 17.4 Å². The highest BCUT2D eigenvalue weighted by atomic mass is 16.5. The number of hydrogen-bond donors (Lipinski definition) is 1. The summed E-state index contributed by atoms with van der Waals surface area (Å²) in [4.78, 5) is 23.8. The minimum absolute atomic E-state index is 0.325. The number of nitrogens with one attached hydrogen (secondary N) is 1. The molecule has 3 aromatic rings. The number of rotatable bonds is 6. The molecule has 0 aromatic carbocycles. The maximum atomic E-state index is 12.4. The van der Waals surface area contributed by atoms with Crippen LogP contribution in [0.1, 0.15) is 42.8 Å². The van der Waals surface area contributed by atoms with Crippen LogP contribution in [0.4, 0.5) is 10.6 Å². The molecule has 1 N–H and O–H groups in total. The van der Waals surface area contributed by atoms with Gasteiger partial charge in [0.15, 0.2) is 17.4 Å². The number of hydrogen-bond acceptors (Lipinski definition) is 7. The van der Waals surface area contributed by atoms with Gasteiger partial charge in [0.2, 0.25) is 0 Å². The zero-order valence-electron chi connectivity index (χ0n) is 18.9. The molecule has 1 aliphatic heterocycles. The van der Waals surface area contributed by atoms with E-state index in [1.165, 1.54) is 25.7 Å². The number of carbonyl (C=O) groups excluding carboxylic acids is 1. The molecule has 1 amide bonds. The van der Waals surface area contributed by atoms with Crippen molar-refractivity contribution in [1.82, 2.24) is 24.6 Å². The lowest BCUT2D eigenvalue weighted by atomic mass is 10.2. The van der Waals surface area contributed by atoms with Crippen molar-refractivity contribution in [2.24, 2.45) is 0 Å². The summed E-state index contributed by atoms with van der Waals surface area (Å²) in [6, 6.07) is 7.29. The minimum Gasteiger partial charge on any atom is -0.458 e.